The second-order valence-corrected chi connectivity index (χ2v) is 4.46. The topological polar surface area (TPSA) is 59.5 Å². The Morgan fingerprint density at radius 1 is 1.47 bits per heavy atom. The lowest BCUT2D eigenvalue weighted by molar-refractivity contribution is 0.0380. The minimum absolute atomic E-state index is 0.260. The summed E-state index contributed by atoms with van der Waals surface area (Å²) in [6, 6.07) is 0. The van der Waals surface area contributed by atoms with Crippen LogP contribution in [0.25, 0.3) is 0 Å². The molecule has 6 heteroatoms. The van der Waals surface area contributed by atoms with E-state index in [1.807, 2.05) is 6.92 Å². The molecule has 106 valence electrons. The Morgan fingerprint density at radius 2 is 2.32 bits per heavy atom. The van der Waals surface area contributed by atoms with Gasteiger partial charge in [-0.25, -0.2) is 9.97 Å². The molecule has 1 atom stereocenters. The van der Waals surface area contributed by atoms with Gasteiger partial charge in [0.25, 0.3) is 0 Å². The normalized spacial score (nSPS) is 19.3. The van der Waals surface area contributed by atoms with E-state index in [1.54, 1.807) is 13.4 Å². The maximum absolute atomic E-state index is 5.69. The highest BCUT2D eigenvalue weighted by Crippen LogP contribution is 2.32. The van der Waals surface area contributed by atoms with Crippen molar-refractivity contribution in [3.8, 4) is 5.75 Å². The molecule has 0 aliphatic carbocycles. The summed E-state index contributed by atoms with van der Waals surface area (Å²) in [7, 11) is 1.65. The molecule has 1 unspecified atom stereocenters. The first-order chi connectivity index (χ1) is 9.30. The van der Waals surface area contributed by atoms with Crippen LogP contribution in [0.3, 0.4) is 0 Å². The third-order valence-electron chi connectivity index (χ3n) is 3.23. The van der Waals surface area contributed by atoms with Crippen molar-refractivity contribution in [2.24, 2.45) is 0 Å². The van der Waals surface area contributed by atoms with Gasteiger partial charge in [-0.3, -0.25) is 0 Å². The van der Waals surface area contributed by atoms with Gasteiger partial charge in [-0.15, -0.1) is 0 Å². The van der Waals surface area contributed by atoms with Crippen molar-refractivity contribution in [3.05, 3.63) is 6.33 Å². The van der Waals surface area contributed by atoms with Crippen molar-refractivity contribution in [1.82, 2.24) is 9.97 Å². The molecule has 2 heterocycles. The highest BCUT2D eigenvalue weighted by Gasteiger charge is 2.24. The first-order valence-electron chi connectivity index (χ1n) is 6.79. The lowest BCUT2D eigenvalue weighted by atomic mass is 10.2. The Bertz CT molecular complexity index is 414. The quantitative estimate of drug-likeness (QED) is 0.872. The van der Waals surface area contributed by atoms with Gasteiger partial charge in [0.2, 0.25) is 5.75 Å². The molecule has 1 aromatic heterocycles. The van der Waals surface area contributed by atoms with Crippen LogP contribution < -0.4 is 15.0 Å². The van der Waals surface area contributed by atoms with E-state index in [1.165, 1.54) is 0 Å². The Balaban J connectivity index is 2.25. The van der Waals surface area contributed by atoms with Gasteiger partial charge in [0.05, 0.1) is 19.8 Å². The van der Waals surface area contributed by atoms with E-state index in [2.05, 4.69) is 27.1 Å². The van der Waals surface area contributed by atoms with Crippen molar-refractivity contribution in [1.29, 1.82) is 0 Å². The molecule has 1 aliphatic heterocycles. The lowest BCUT2D eigenvalue weighted by Gasteiger charge is -2.34. The van der Waals surface area contributed by atoms with Gasteiger partial charge in [-0.05, 0) is 13.3 Å². The fourth-order valence-corrected chi connectivity index (χ4v) is 2.23. The fraction of sp³-hybridized carbons (Fsp3) is 0.692. The van der Waals surface area contributed by atoms with Gasteiger partial charge in [0, 0.05) is 19.6 Å². The third-order valence-corrected chi connectivity index (χ3v) is 3.23. The molecule has 0 aromatic carbocycles. The number of ether oxygens (including phenoxy) is 2. The summed E-state index contributed by atoms with van der Waals surface area (Å²) in [5.41, 5.74) is 0. The van der Waals surface area contributed by atoms with Crippen LogP contribution in [0.4, 0.5) is 11.6 Å². The molecule has 0 saturated carbocycles. The van der Waals surface area contributed by atoms with E-state index in [0.717, 1.165) is 44.3 Å². The average Bonchev–Trinajstić information content (AvgIpc) is 2.47. The van der Waals surface area contributed by atoms with Gasteiger partial charge >= 0.3 is 0 Å². The van der Waals surface area contributed by atoms with Gasteiger partial charge in [0.1, 0.15) is 6.33 Å². The van der Waals surface area contributed by atoms with E-state index in [4.69, 9.17) is 9.47 Å². The summed E-state index contributed by atoms with van der Waals surface area (Å²) < 4.78 is 11.2. The highest BCUT2D eigenvalue weighted by molar-refractivity contribution is 5.64. The first kappa shape index (κ1) is 13.9. The zero-order chi connectivity index (χ0) is 13.7. The number of nitrogens with zero attached hydrogens (tertiary/aromatic N) is 3. The van der Waals surface area contributed by atoms with Crippen molar-refractivity contribution < 1.29 is 9.47 Å². The molecule has 19 heavy (non-hydrogen) atoms. The van der Waals surface area contributed by atoms with Gasteiger partial charge in [-0.1, -0.05) is 6.92 Å². The third kappa shape index (κ3) is 3.07. The number of morpholine rings is 1. The molecule has 1 fully saturated rings. The molecule has 0 spiro atoms. The highest BCUT2D eigenvalue weighted by atomic mass is 16.5. The van der Waals surface area contributed by atoms with Gasteiger partial charge in [0.15, 0.2) is 11.6 Å². The Kier molecular flexibility index (Phi) is 4.79. The standard InChI is InChI=1S/C13H22N4O2/c1-4-10-8-17(6-7-19-10)13-11(18-3)12(14-5-2)15-9-16-13/h9-10H,4-8H2,1-3H3,(H,14,15,16). The zero-order valence-electron chi connectivity index (χ0n) is 11.8. The van der Waals surface area contributed by atoms with Crippen molar-refractivity contribution in [2.45, 2.75) is 26.4 Å². The molecule has 1 N–H and O–H groups in total. The Labute approximate surface area is 114 Å². The van der Waals surface area contributed by atoms with Crippen molar-refractivity contribution >= 4 is 11.6 Å². The van der Waals surface area contributed by atoms with Crippen molar-refractivity contribution in [2.75, 3.05) is 43.6 Å². The molecule has 1 aliphatic rings. The van der Waals surface area contributed by atoms with E-state index < -0.39 is 0 Å². The van der Waals surface area contributed by atoms with Gasteiger partial charge < -0.3 is 19.7 Å². The van der Waals surface area contributed by atoms with Crippen LogP contribution in [0, 0.1) is 0 Å². The number of hydrogen-bond acceptors (Lipinski definition) is 6. The van der Waals surface area contributed by atoms with Gasteiger partial charge in [-0.2, -0.15) is 0 Å². The Morgan fingerprint density at radius 3 is 3.00 bits per heavy atom. The number of rotatable bonds is 5. The molecule has 1 saturated heterocycles. The summed E-state index contributed by atoms with van der Waals surface area (Å²) in [4.78, 5) is 10.8. The maximum atomic E-state index is 5.69. The second-order valence-electron chi connectivity index (χ2n) is 4.46. The van der Waals surface area contributed by atoms with E-state index in [-0.39, 0.29) is 6.10 Å². The summed E-state index contributed by atoms with van der Waals surface area (Å²) in [5.74, 6) is 2.30. The number of nitrogens with one attached hydrogen (secondary N) is 1. The van der Waals surface area contributed by atoms with Crippen LogP contribution in [0.15, 0.2) is 6.33 Å². The number of methoxy groups -OCH3 is 1. The number of aromatic nitrogens is 2. The SMILES string of the molecule is CCNc1ncnc(N2CCOC(CC)C2)c1OC. The predicted molar refractivity (Wildman–Crippen MR) is 75.0 cm³/mol. The monoisotopic (exact) mass is 266 g/mol. The van der Waals surface area contributed by atoms with E-state index >= 15 is 0 Å². The van der Waals surface area contributed by atoms with Crippen molar-refractivity contribution in [3.63, 3.8) is 0 Å². The van der Waals surface area contributed by atoms with E-state index in [0.29, 0.717) is 5.75 Å². The molecular formula is C13H22N4O2. The molecule has 0 amide bonds. The summed E-state index contributed by atoms with van der Waals surface area (Å²) >= 11 is 0. The zero-order valence-corrected chi connectivity index (χ0v) is 11.8. The van der Waals surface area contributed by atoms with Crippen LogP contribution in [0.2, 0.25) is 0 Å². The average molecular weight is 266 g/mol. The minimum Gasteiger partial charge on any atom is -0.490 e. The van der Waals surface area contributed by atoms with Crippen LogP contribution >= 0.6 is 0 Å². The summed E-state index contributed by atoms with van der Waals surface area (Å²) in [6.07, 6.45) is 2.84. The van der Waals surface area contributed by atoms with Crippen LogP contribution in [0.5, 0.6) is 5.75 Å². The summed E-state index contributed by atoms with van der Waals surface area (Å²) in [5, 5.41) is 3.20. The fourth-order valence-electron chi connectivity index (χ4n) is 2.23. The number of anilines is 2. The van der Waals surface area contributed by atoms with Crippen LogP contribution in [-0.4, -0.2) is 49.4 Å². The summed E-state index contributed by atoms with van der Waals surface area (Å²) in [6.45, 7) is 7.36. The number of hydrogen-bond donors (Lipinski definition) is 1. The van der Waals surface area contributed by atoms with Crippen LogP contribution in [0.1, 0.15) is 20.3 Å². The smallest absolute Gasteiger partial charge is 0.204 e. The largest absolute Gasteiger partial charge is 0.490 e. The van der Waals surface area contributed by atoms with E-state index in [9.17, 15) is 0 Å². The molecular weight excluding hydrogens is 244 g/mol. The van der Waals surface area contributed by atoms with Crippen LogP contribution in [-0.2, 0) is 4.74 Å². The first-order valence-corrected chi connectivity index (χ1v) is 6.79. The molecule has 6 nitrogen and oxygen atoms in total. The lowest BCUT2D eigenvalue weighted by Crippen LogP contribution is -2.42. The molecule has 1 aromatic rings. The minimum atomic E-state index is 0.260. The predicted octanol–water partition coefficient (Wildman–Crippen LogP) is 1.53. The molecule has 0 bridgehead atoms. The Hall–Kier alpha value is -1.56. The molecule has 0 radical (unpaired) electrons. The second kappa shape index (κ2) is 6.56. The maximum Gasteiger partial charge on any atom is 0.204 e. The molecule has 2 rings (SSSR count).